The Hall–Kier alpha value is -2.61. The minimum Gasteiger partial charge on any atom is -0.378 e. The standard InChI is InChI=1S/C22H30N4O4/c1-15-5-3-4-10-22(15)20(28)26(21(29)24-22)16(2)19(27)23-17-6-8-18(9-7-17)25-11-13-30-14-12-25/h6-9,15-16H,3-5,10-14H2,1-2H3,(H,23,27)(H,24,29)/t15-,16+,22-/m0/s1. The van der Waals surface area contributed by atoms with Crippen molar-refractivity contribution in [1.29, 1.82) is 0 Å². The van der Waals surface area contributed by atoms with Gasteiger partial charge in [-0.15, -0.1) is 0 Å². The maximum absolute atomic E-state index is 13.2. The van der Waals surface area contributed by atoms with E-state index in [9.17, 15) is 14.4 Å². The fourth-order valence-corrected chi connectivity index (χ4v) is 4.76. The number of carbonyl (C=O) groups excluding carboxylic acids is 3. The van der Waals surface area contributed by atoms with E-state index in [-0.39, 0.29) is 17.7 Å². The molecule has 0 bridgehead atoms. The Morgan fingerprint density at radius 1 is 1.20 bits per heavy atom. The third-order valence-electron chi connectivity index (χ3n) is 6.73. The van der Waals surface area contributed by atoms with Crippen LogP contribution in [0.25, 0.3) is 0 Å². The van der Waals surface area contributed by atoms with Gasteiger partial charge in [-0.25, -0.2) is 9.69 Å². The Balaban J connectivity index is 1.42. The van der Waals surface area contributed by atoms with Gasteiger partial charge in [0.05, 0.1) is 13.2 Å². The third-order valence-corrected chi connectivity index (χ3v) is 6.73. The van der Waals surface area contributed by atoms with E-state index < -0.39 is 17.6 Å². The number of amides is 4. The van der Waals surface area contributed by atoms with Crippen molar-refractivity contribution in [2.75, 3.05) is 36.5 Å². The molecule has 1 aromatic rings. The lowest BCUT2D eigenvalue weighted by molar-refractivity contribution is -0.138. The fraction of sp³-hybridized carbons (Fsp3) is 0.591. The van der Waals surface area contributed by atoms with Gasteiger partial charge in [-0.3, -0.25) is 9.59 Å². The number of hydrogen-bond donors (Lipinski definition) is 2. The molecule has 1 spiro atoms. The summed E-state index contributed by atoms with van der Waals surface area (Å²) in [6, 6.07) is 6.23. The van der Waals surface area contributed by atoms with Crippen molar-refractivity contribution in [3.05, 3.63) is 24.3 Å². The zero-order chi connectivity index (χ0) is 21.3. The van der Waals surface area contributed by atoms with Crippen molar-refractivity contribution >= 4 is 29.2 Å². The van der Waals surface area contributed by atoms with Gasteiger partial charge in [-0.1, -0.05) is 19.8 Å². The smallest absolute Gasteiger partial charge is 0.325 e. The molecule has 3 fully saturated rings. The first-order chi connectivity index (χ1) is 14.4. The number of imide groups is 1. The largest absolute Gasteiger partial charge is 0.378 e. The molecule has 1 aromatic carbocycles. The van der Waals surface area contributed by atoms with Gasteiger partial charge >= 0.3 is 6.03 Å². The van der Waals surface area contributed by atoms with E-state index in [0.717, 1.165) is 42.9 Å². The summed E-state index contributed by atoms with van der Waals surface area (Å²) in [5, 5.41) is 5.74. The lowest BCUT2D eigenvalue weighted by atomic mass is 9.73. The maximum atomic E-state index is 13.2. The predicted octanol–water partition coefficient (Wildman–Crippen LogP) is 2.35. The van der Waals surface area contributed by atoms with Gasteiger partial charge in [0, 0.05) is 24.5 Å². The highest BCUT2D eigenvalue weighted by molar-refractivity contribution is 6.11. The van der Waals surface area contributed by atoms with Gasteiger partial charge in [0.2, 0.25) is 5.91 Å². The molecule has 4 amide bonds. The molecular weight excluding hydrogens is 384 g/mol. The van der Waals surface area contributed by atoms with Gasteiger partial charge in [0.15, 0.2) is 0 Å². The van der Waals surface area contributed by atoms with Crippen LogP contribution in [0.5, 0.6) is 0 Å². The number of ether oxygens (including phenoxy) is 1. The molecule has 1 aliphatic carbocycles. The van der Waals surface area contributed by atoms with Crippen LogP contribution in [0.15, 0.2) is 24.3 Å². The van der Waals surface area contributed by atoms with E-state index in [2.05, 4.69) is 15.5 Å². The van der Waals surface area contributed by atoms with Crippen LogP contribution >= 0.6 is 0 Å². The monoisotopic (exact) mass is 414 g/mol. The van der Waals surface area contributed by atoms with Crippen molar-refractivity contribution in [2.24, 2.45) is 5.92 Å². The number of morpholine rings is 1. The molecular formula is C22H30N4O4. The Labute approximate surface area is 176 Å². The maximum Gasteiger partial charge on any atom is 0.325 e. The number of carbonyl (C=O) groups is 3. The summed E-state index contributed by atoms with van der Waals surface area (Å²) >= 11 is 0. The van der Waals surface area contributed by atoms with E-state index in [0.29, 0.717) is 25.3 Å². The average molecular weight is 415 g/mol. The minimum absolute atomic E-state index is 0.0655. The van der Waals surface area contributed by atoms with Crippen LogP contribution in [-0.2, 0) is 14.3 Å². The van der Waals surface area contributed by atoms with Crippen LogP contribution < -0.4 is 15.5 Å². The molecule has 0 radical (unpaired) electrons. The van der Waals surface area contributed by atoms with Crippen molar-refractivity contribution in [2.45, 2.75) is 51.1 Å². The number of hydrogen-bond acceptors (Lipinski definition) is 5. The van der Waals surface area contributed by atoms with Gasteiger partial charge < -0.3 is 20.3 Å². The van der Waals surface area contributed by atoms with Crippen molar-refractivity contribution < 1.29 is 19.1 Å². The van der Waals surface area contributed by atoms with Gasteiger partial charge in [-0.2, -0.15) is 0 Å². The van der Waals surface area contributed by atoms with E-state index in [1.54, 1.807) is 6.92 Å². The van der Waals surface area contributed by atoms with Crippen molar-refractivity contribution in [3.63, 3.8) is 0 Å². The second-order valence-corrected chi connectivity index (χ2v) is 8.54. The second kappa shape index (κ2) is 8.26. The summed E-state index contributed by atoms with van der Waals surface area (Å²) in [6.07, 6.45) is 3.49. The minimum atomic E-state index is -0.884. The molecule has 0 aromatic heterocycles. The highest BCUT2D eigenvalue weighted by Crippen LogP contribution is 2.38. The Morgan fingerprint density at radius 3 is 2.57 bits per heavy atom. The van der Waals surface area contributed by atoms with Crippen LogP contribution in [0.4, 0.5) is 16.2 Å². The van der Waals surface area contributed by atoms with E-state index in [4.69, 9.17) is 4.74 Å². The molecule has 0 unspecified atom stereocenters. The molecule has 30 heavy (non-hydrogen) atoms. The molecule has 2 heterocycles. The van der Waals surface area contributed by atoms with Crippen LogP contribution in [0.1, 0.15) is 39.5 Å². The SMILES string of the molecule is C[C@H](C(=O)Nc1ccc(N2CCOCC2)cc1)N1C(=O)N[C@]2(CCCC[C@@H]2C)C1=O. The zero-order valence-electron chi connectivity index (χ0n) is 17.6. The molecule has 8 heteroatoms. The average Bonchev–Trinajstić information content (AvgIpc) is 3.01. The summed E-state index contributed by atoms with van der Waals surface area (Å²) in [6.45, 7) is 6.71. The first kappa shape index (κ1) is 20.7. The lowest BCUT2D eigenvalue weighted by Gasteiger charge is -2.37. The molecule has 8 nitrogen and oxygen atoms in total. The van der Waals surface area contributed by atoms with E-state index in [1.807, 2.05) is 31.2 Å². The number of rotatable bonds is 4. The highest BCUT2D eigenvalue weighted by Gasteiger charge is 2.56. The predicted molar refractivity (Wildman–Crippen MR) is 113 cm³/mol. The molecule has 1 saturated carbocycles. The van der Waals surface area contributed by atoms with Gasteiger partial charge in [0.1, 0.15) is 11.6 Å². The van der Waals surface area contributed by atoms with Crippen LogP contribution in [-0.4, -0.2) is 60.6 Å². The summed E-state index contributed by atoms with van der Waals surface area (Å²) in [7, 11) is 0. The van der Waals surface area contributed by atoms with E-state index >= 15 is 0 Å². The number of urea groups is 1. The van der Waals surface area contributed by atoms with E-state index in [1.165, 1.54) is 0 Å². The highest BCUT2D eigenvalue weighted by atomic mass is 16.5. The topological polar surface area (TPSA) is 91.0 Å². The number of nitrogens with one attached hydrogen (secondary N) is 2. The number of nitrogens with zero attached hydrogens (tertiary/aromatic N) is 2. The van der Waals surface area contributed by atoms with Crippen LogP contribution in [0.2, 0.25) is 0 Å². The molecule has 162 valence electrons. The number of benzene rings is 1. The normalized spacial score (nSPS) is 27.9. The summed E-state index contributed by atoms with van der Waals surface area (Å²) in [5.41, 5.74) is 0.854. The summed E-state index contributed by atoms with van der Waals surface area (Å²) < 4.78 is 5.37. The molecule has 3 atom stereocenters. The Morgan fingerprint density at radius 2 is 1.90 bits per heavy atom. The van der Waals surface area contributed by atoms with Gasteiger partial charge in [0.25, 0.3) is 5.91 Å². The molecule has 4 rings (SSSR count). The van der Waals surface area contributed by atoms with Crippen LogP contribution in [0, 0.1) is 5.92 Å². The van der Waals surface area contributed by atoms with Crippen molar-refractivity contribution in [1.82, 2.24) is 10.2 Å². The first-order valence-electron chi connectivity index (χ1n) is 10.8. The van der Waals surface area contributed by atoms with Crippen LogP contribution in [0.3, 0.4) is 0 Å². The quantitative estimate of drug-likeness (QED) is 0.738. The van der Waals surface area contributed by atoms with Crippen molar-refractivity contribution in [3.8, 4) is 0 Å². The lowest BCUT2D eigenvalue weighted by Crippen LogP contribution is -2.54. The third kappa shape index (κ3) is 3.64. The molecule has 2 aliphatic heterocycles. The first-order valence-corrected chi connectivity index (χ1v) is 10.8. The van der Waals surface area contributed by atoms with Gasteiger partial charge in [-0.05, 0) is 49.9 Å². The molecule has 3 aliphatic rings. The fourth-order valence-electron chi connectivity index (χ4n) is 4.76. The Bertz CT molecular complexity index is 821. The summed E-state index contributed by atoms with van der Waals surface area (Å²) in [4.78, 5) is 41.9. The molecule has 2 saturated heterocycles. The zero-order valence-corrected chi connectivity index (χ0v) is 17.6. The molecule has 2 N–H and O–H groups in total. The number of anilines is 2. The second-order valence-electron chi connectivity index (χ2n) is 8.54. The Kier molecular flexibility index (Phi) is 5.69. The summed E-state index contributed by atoms with van der Waals surface area (Å²) in [5.74, 6) is -0.584.